The number of nitrogens with zero attached hydrogens (tertiary/aromatic N) is 1. The van der Waals surface area contributed by atoms with E-state index >= 15 is 0 Å². The fourth-order valence-electron chi connectivity index (χ4n) is 1.35. The van der Waals surface area contributed by atoms with Gasteiger partial charge in [-0.2, -0.15) is 13.2 Å². The molecule has 0 aromatic carbocycles. The molecule has 2 nitrogen and oxygen atoms in total. The molecule has 6 heteroatoms. The van der Waals surface area contributed by atoms with E-state index in [-0.39, 0.29) is 6.61 Å². The van der Waals surface area contributed by atoms with E-state index < -0.39 is 12.8 Å². The molecular weight excluding hydrogens is 287 g/mol. The zero-order valence-corrected chi connectivity index (χ0v) is 11.1. The summed E-state index contributed by atoms with van der Waals surface area (Å²) in [6.07, 6.45) is -2.52. The Morgan fingerprint density at radius 1 is 1.19 bits per heavy atom. The van der Waals surface area contributed by atoms with Gasteiger partial charge in [-0.1, -0.05) is 22.9 Å². The van der Waals surface area contributed by atoms with Crippen molar-refractivity contribution >= 4 is 15.9 Å². The molecule has 0 N–H and O–H groups in total. The van der Waals surface area contributed by atoms with Gasteiger partial charge in [0, 0.05) is 25.0 Å². The van der Waals surface area contributed by atoms with Gasteiger partial charge in [0.15, 0.2) is 0 Å². The average molecular weight is 306 g/mol. The summed E-state index contributed by atoms with van der Waals surface area (Å²) >= 11 is 3.35. The summed E-state index contributed by atoms with van der Waals surface area (Å²) in [4.78, 5) is 2.21. The van der Waals surface area contributed by atoms with Crippen LogP contribution in [0.1, 0.15) is 19.8 Å². The minimum Gasteiger partial charge on any atom is -0.372 e. The third-order valence-electron chi connectivity index (χ3n) is 1.97. The Hall–Kier alpha value is 0.190. The largest absolute Gasteiger partial charge is 0.411 e. The van der Waals surface area contributed by atoms with Crippen molar-refractivity contribution in [2.24, 2.45) is 0 Å². The molecule has 0 amide bonds. The summed E-state index contributed by atoms with van der Waals surface area (Å²) in [6, 6.07) is 0. The van der Waals surface area contributed by atoms with Crippen LogP contribution in [0.2, 0.25) is 0 Å². The van der Waals surface area contributed by atoms with Gasteiger partial charge in [0.1, 0.15) is 6.61 Å². The van der Waals surface area contributed by atoms with Gasteiger partial charge in [-0.25, -0.2) is 0 Å². The number of alkyl halides is 4. The molecule has 0 radical (unpaired) electrons. The van der Waals surface area contributed by atoms with Crippen molar-refractivity contribution in [2.75, 3.05) is 38.2 Å². The lowest BCUT2D eigenvalue weighted by Crippen LogP contribution is -2.28. The minimum absolute atomic E-state index is 0.169. The molecule has 0 atom stereocenters. The maximum absolute atomic E-state index is 11.7. The number of halogens is 4. The predicted octanol–water partition coefficient (Wildman–Crippen LogP) is 3.06. The summed E-state index contributed by atoms with van der Waals surface area (Å²) < 4.78 is 39.8. The lowest BCUT2D eigenvalue weighted by molar-refractivity contribution is -0.174. The van der Waals surface area contributed by atoms with Crippen LogP contribution in [0.4, 0.5) is 13.2 Å². The van der Waals surface area contributed by atoms with Crippen LogP contribution in [0, 0.1) is 0 Å². The zero-order valence-electron chi connectivity index (χ0n) is 9.52. The molecule has 0 saturated carbocycles. The highest BCUT2D eigenvalue weighted by Gasteiger charge is 2.27. The Bertz CT molecular complexity index is 161. The molecule has 0 spiro atoms. The first-order valence-electron chi connectivity index (χ1n) is 5.42. The van der Waals surface area contributed by atoms with Gasteiger partial charge in [0.05, 0.1) is 0 Å². The van der Waals surface area contributed by atoms with Crippen molar-refractivity contribution in [3.05, 3.63) is 0 Å². The standard InChI is InChI=1S/C10H19BrF3NO/c1-2-5-15(7-4-11)6-3-8-16-9-10(12,13)14/h2-9H2,1H3. The molecular formula is C10H19BrF3NO. The van der Waals surface area contributed by atoms with E-state index in [0.717, 1.165) is 31.4 Å². The van der Waals surface area contributed by atoms with Crippen molar-refractivity contribution in [1.29, 1.82) is 0 Å². The summed E-state index contributed by atoms with van der Waals surface area (Å²) in [5, 5.41) is 0.885. The van der Waals surface area contributed by atoms with Crippen LogP contribution in [-0.2, 0) is 4.74 Å². The van der Waals surface area contributed by atoms with E-state index in [0.29, 0.717) is 6.42 Å². The van der Waals surface area contributed by atoms with Crippen LogP contribution in [-0.4, -0.2) is 49.3 Å². The minimum atomic E-state index is -4.21. The van der Waals surface area contributed by atoms with Gasteiger partial charge in [-0.05, 0) is 19.4 Å². The average Bonchev–Trinajstić information content (AvgIpc) is 2.16. The van der Waals surface area contributed by atoms with Crippen LogP contribution in [0.15, 0.2) is 0 Å². The van der Waals surface area contributed by atoms with Gasteiger partial charge in [0.2, 0.25) is 0 Å². The van der Waals surface area contributed by atoms with Gasteiger partial charge < -0.3 is 9.64 Å². The molecule has 0 unspecified atom stereocenters. The van der Waals surface area contributed by atoms with Gasteiger partial charge in [0.25, 0.3) is 0 Å². The maximum atomic E-state index is 11.7. The van der Waals surface area contributed by atoms with Crippen molar-refractivity contribution in [3.63, 3.8) is 0 Å². The van der Waals surface area contributed by atoms with Gasteiger partial charge in [-0.3, -0.25) is 0 Å². The predicted molar refractivity (Wildman–Crippen MR) is 62.0 cm³/mol. The molecule has 0 heterocycles. The number of ether oxygens (including phenoxy) is 1. The highest BCUT2D eigenvalue weighted by molar-refractivity contribution is 9.09. The SMILES string of the molecule is CCCN(CCBr)CCCOCC(F)(F)F. The molecule has 98 valence electrons. The topological polar surface area (TPSA) is 12.5 Å². The van der Waals surface area contributed by atoms with Crippen LogP contribution in [0.5, 0.6) is 0 Å². The monoisotopic (exact) mass is 305 g/mol. The van der Waals surface area contributed by atoms with Crippen molar-refractivity contribution in [1.82, 2.24) is 4.90 Å². The van der Waals surface area contributed by atoms with Crippen LogP contribution in [0.3, 0.4) is 0 Å². The first-order chi connectivity index (χ1) is 7.49. The van der Waals surface area contributed by atoms with Gasteiger partial charge >= 0.3 is 6.18 Å². The Morgan fingerprint density at radius 3 is 2.38 bits per heavy atom. The molecule has 0 bridgehead atoms. The molecule has 0 aliphatic carbocycles. The highest BCUT2D eigenvalue weighted by Crippen LogP contribution is 2.14. The van der Waals surface area contributed by atoms with Crippen LogP contribution in [0.25, 0.3) is 0 Å². The molecule has 0 aromatic rings. The van der Waals surface area contributed by atoms with E-state index in [1.807, 2.05) is 0 Å². The second kappa shape index (κ2) is 9.24. The lowest BCUT2D eigenvalue weighted by Gasteiger charge is -2.20. The second-order valence-electron chi connectivity index (χ2n) is 3.55. The smallest absolute Gasteiger partial charge is 0.372 e. The number of rotatable bonds is 9. The number of hydrogen-bond acceptors (Lipinski definition) is 2. The summed E-state index contributed by atoms with van der Waals surface area (Å²) in [7, 11) is 0. The van der Waals surface area contributed by atoms with Crippen molar-refractivity contribution in [2.45, 2.75) is 25.9 Å². The van der Waals surface area contributed by atoms with Gasteiger partial charge in [-0.15, -0.1) is 0 Å². The quantitative estimate of drug-likeness (QED) is 0.479. The van der Waals surface area contributed by atoms with E-state index in [1.54, 1.807) is 0 Å². The first kappa shape index (κ1) is 16.2. The van der Waals surface area contributed by atoms with E-state index in [9.17, 15) is 13.2 Å². The van der Waals surface area contributed by atoms with E-state index in [1.165, 1.54) is 0 Å². The fourth-order valence-corrected chi connectivity index (χ4v) is 1.85. The normalized spacial score (nSPS) is 12.4. The summed E-state index contributed by atoms with van der Waals surface area (Å²) in [6.45, 7) is 3.80. The summed E-state index contributed by atoms with van der Waals surface area (Å²) in [5.41, 5.74) is 0. The van der Waals surface area contributed by atoms with E-state index in [2.05, 4.69) is 32.5 Å². The molecule has 0 aliphatic heterocycles. The lowest BCUT2D eigenvalue weighted by atomic mass is 10.3. The number of hydrogen-bond donors (Lipinski definition) is 0. The molecule has 0 rings (SSSR count). The van der Waals surface area contributed by atoms with Crippen molar-refractivity contribution < 1.29 is 17.9 Å². The molecule has 0 aliphatic rings. The Labute approximate surface area is 103 Å². The molecule has 0 aromatic heterocycles. The Balaban J connectivity index is 3.46. The van der Waals surface area contributed by atoms with Crippen LogP contribution < -0.4 is 0 Å². The highest BCUT2D eigenvalue weighted by atomic mass is 79.9. The summed E-state index contributed by atoms with van der Waals surface area (Å²) in [5.74, 6) is 0. The first-order valence-corrected chi connectivity index (χ1v) is 6.54. The molecule has 0 saturated heterocycles. The third-order valence-corrected chi connectivity index (χ3v) is 2.32. The molecule has 0 fully saturated rings. The fraction of sp³-hybridized carbons (Fsp3) is 1.00. The van der Waals surface area contributed by atoms with Crippen LogP contribution >= 0.6 is 15.9 Å². The second-order valence-corrected chi connectivity index (χ2v) is 4.34. The molecule has 16 heavy (non-hydrogen) atoms. The Kier molecular flexibility index (Phi) is 9.35. The van der Waals surface area contributed by atoms with E-state index in [4.69, 9.17) is 0 Å². The third kappa shape index (κ3) is 10.7. The maximum Gasteiger partial charge on any atom is 0.411 e. The Morgan fingerprint density at radius 2 is 1.88 bits per heavy atom. The zero-order chi connectivity index (χ0) is 12.4. The van der Waals surface area contributed by atoms with Crippen molar-refractivity contribution in [3.8, 4) is 0 Å².